The number of carbonyl (C=O) groups excluding carboxylic acids is 2. The van der Waals surface area contributed by atoms with Crippen LogP contribution in [-0.4, -0.2) is 51.5 Å². The highest BCUT2D eigenvalue weighted by molar-refractivity contribution is 7.49. The van der Waals surface area contributed by atoms with Crippen molar-refractivity contribution < 1.29 is 28.1 Å². The fourth-order valence-corrected chi connectivity index (χ4v) is 2.70. The first-order chi connectivity index (χ1) is 9.60. The van der Waals surface area contributed by atoms with Gasteiger partial charge in [-0.2, -0.15) is 0 Å². The molecule has 1 atom stereocenters. The van der Waals surface area contributed by atoms with Gasteiger partial charge in [-0.3, -0.25) is 9.59 Å². The molecule has 0 N–H and O–H groups in total. The molecule has 116 valence electrons. The van der Waals surface area contributed by atoms with Gasteiger partial charge in [-0.25, -0.2) is 0 Å². The lowest BCUT2D eigenvalue weighted by Crippen LogP contribution is -2.26. The number of hydrogen-bond acceptors (Lipinski definition) is 6. The van der Waals surface area contributed by atoms with E-state index in [9.17, 15) is 9.59 Å². The summed E-state index contributed by atoms with van der Waals surface area (Å²) >= 11 is 0. The van der Waals surface area contributed by atoms with E-state index in [1.165, 1.54) is 20.3 Å². The molecule has 6 nitrogen and oxygen atoms in total. The number of rotatable bonds is 12. The lowest BCUT2D eigenvalue weighted by Gasteiger charge is -2.22. The number of hydrogen-bond donors (Lipinski definition) is 0. The largest absolute Gasteiger partial charge is 0.461 e. The van der Waals surface area contributed by atoms with Crippen molar-refractivity contribution in [1.29, 1.82) is 0 Å². The van der Waals surface area contributed by atoms with E-state index < -0.39 is 20.0 Å². The lowest BCUT2D eigenvalue weighted by molar-refractivity contribution is -0.143. The first-order valence-corrected chi connectivity index (χ1v) is 7.59. The molecule has 0 amide bonds. The van der Waals surface area contributed by atoms with Crippen LogP contribution in [0.2, 0.25) is 0 Å². The molecule has 0 rings (SSSR count). The Balaban J connectivity index is 4.38. The van der Waals surface area contributed by atoms with Crippen molar-refractivity contribution in [3.8, 4) is 0 Å². The zero-order valence-electron chi connectivity index (χ0n) is 12.3. The van der Waals surface area contributed by atoms with Gasteiger partial charge in [0.15, 0.2) is 8.38 Å². The number of carbonyl (C=O) groups is 2. The molecule has 0 aliphatic rings. The molecular formula is C13H23O6P. The second-order valence-corrected chi connectivity index (χ2v) is 5.69. The minimum absolute atomic E-state index is 0.0336. The fourth-order valence-electron chi connectivity index (χ4n) is 1.45. The maximum atomic E-state index is 12.1. The van der Waals surface area contributed by atoms with Crippen molar-refractivity contribution in [2.24, 2.45) is 0 Å². The monoisotopic (exact) mass is 306 g/mol. The average Bonchev–Trinajstić information content (AvgIpc) is 2.46. The van der Waals surface area contributed by atoms with Gasteiger partial charge in [-0.15, -0.1) is 0 Å². The Bertz CT molecular complexity index is 303. The van der Waals surface area contributed by atoms with Crippen LogP contribution in [0.4, 0.5) is 0 Å². The summed E-state index contributed by atoms with van der Waals surface area (Å²) in [5.41, 5.74) is -0.493. The standard InChI is InChI=1S/C13H23O6P/c1-5-9-19-13(15)8-7-11(14)12(10-18-6-2)20(16-3)17-4/h5,12H,1,6-10H2,2-4H3. The van der Waals surface area contributed by atoms with Crippen molar-refractivity contribution in [2.75, 3.05) is 34.0 Å². The first-order valence-electron chi connectivity index (χ1n) is 6.35. The predicted molar refractivity (Wildman–Crippen MR) is 76.6 cm³/mol. The maximum absolute atomic E-state index is 12.1. The zero-order chi connectivity index (χ0) is 15.4. The molecule has 7 heteroatoms. The van der Waals surface area contributed by atoms with E-state index in [0.717, 1.165) is 0 Å². The van der Waals surface area contributed by atoms with Gasteiger partial charge in [-0.1, -0.05) is 12.7 Å². The summed E-state index contributed by atoms with van der Waals surface area (Å²) in [7, 11) is 1.62. The van der Waals surface area contributed by atoms with E-state index in [1.807, 2.05) is 6.92 Å². The second-order valence-electron chi connectivity index (χ2n) is 3.76. The fraction of sp³-hybridized carbons (Fsp3) is 0.692. The third-order valence-electron chi connectivity index (χ3n) is 2.40. The van der Waals surface area contributed by atoms with Gasteiger partial charge >= 0.3 is 5.97 Å². The van der Waals surface area contributed by atoms with Crippen LogP contribution in [0.15, 0.2) is 12.7 Å². The quantitative estimate of drug-likeness (QED) is 0.312. The summed E-state index contributed by atoms with van der Waals surface area (Å²) < 4.78 is 20.4. The summed E-state index contributed by atoms with van der Waals surface area (Å²) in [5, 5.41) is 0. The number of ketones is 1. The Morgan fingerprint density at radius 3 is 2.40 bits per heavy atom. The molecule has 0 aliphatic carbocycles. The molecule has 0 bridgehead atoms. The Hall–Kier alpha value is -0.810. The first kappa shape index (κ1) is 19.2. The molecular weight excluding hydrogens is 283 g/mol. The van der Waals surface area contributed by atoms with E-state index in [4.69, 9.17) is 18.5 Å². The van der Waals surface area contributed by atoms with Crippen molar-refractivity contribution in [1.82, 2.24) is 0 Å². The minimum atomic E-state index is -1.36. The van der Waals surface area contributed by atoms with Crippen LogP contribution in [0.5, 0.6) is 0 Å². The van der Waals surface area contributed by atoms with Gasteiger partial charge in [-0.05, 0) is 6.92 Å². The summed E-state index contributed by atoms with van der Waals surface area (Å²) in [6.45, 7) is 6.17. The van der Waals surface area contributed by atoms with E-state index in [2.05, 4.69) is 6.58 Å². The Morgan fingerprint density at radius 2 is 1.90 bits per heavy atom. The average molecular weight is 306 g/mol. The molecule has 20 heavy (non-hydrogen) atoms. The highest BCUT2D eigenvalue weighted by atomic mass is 31.2. The van der Waals surface area contributed by atoms with Crippen molar-refractivity contribution in [3.05, 3.63) is 12.7 Å². The minimum Gasteiger partial charge on any atom is -0.461 e. The van der Waals surface area contributed by atoms with Gasteiger partial charge in [0.25, 0.3) is 0 Å². The predicted octanol–water partition coefficient (Wildman–Crippen LogP) is 2.07. The van der Waals surface area contributed by atoms with E-state index in [0.29, 0.717) is 6.61 Å². The zero-order valence-corrected chi connectivity index (χ0v) is 13.2. The third kappa shape index (κ3) is 7.70. The van der Waals surface area contributed by atoms with Crippen LogP contribution in [0.3, 0.4) is 0 Å². The van der Waals surface area contributed by atoms with Crippen LogP contribution in [-0.2, 0) is 28.1 Å². The van der Waals surface area contributed by atoms with Crippen molar-refractivity contribution in [2.45, 2.75) is 25.4 Å². The third-order valence-corrected chi connectivity index (χ3v) is 4.07. The highest BCUT2D eigenvalue weighted by Crippen LogP contribution is 2.43. The normalized spacial score (nSPS) is 12.2. The summed E-state index contributed by atoms with van der Waals surface area (Å²) in [6.07, 6.45) is 1.60. The van der Waals surface area contributed by atoms with Crippen LogP contribution >= 0.6 is 8.38 Å². The Labute approximate surface area is 121 Å². The van der Waals surface area contributed by atoms with Crippen molar-refractivity contribution >= 4 is 20.1 Å². The SMILES string of the molecule is C=CCOC(=O)CCC(=O)C(COCC)P(OC)OC. The van der Waals surface area contributed by atoms with Crippen LogP contribution < -0.4 is 0 Å². The number of esters is 1. The number of Topliss-reactive ketones (excluding diaryl/α,β-unsaturated/α-hetero) is 1. The molecule has 1 unspecified atom stereocenters. The Kier molecular flexibility index (Phi) is 11.5. The molecule has 0 aromatic rings. The van der Waals surface area contributed by atoms with Gasteiger partial charge in [0.05, 0.1) is 13.0 Å². The maximum Gasteiger partial charge on any atom is 0.306 e. The Morgan fingerprint density at radius 1 is 1.25 bits per heavy atom. The summed E-state index contributed by atoms with van der Waals surface area (Å²) in [4.78, 5) is 23.5. The van der Waals surface area contributed by atoms with E-state index >= 15 is 0 Å². The molecule has 0 spiro atoms. The van der Waals surface area contributed by atoms with Gasteiger partial charge in [0, 0.05) is 27.2 Å². The molecule has 0 saturated heterocycles. The molecule has 0 heterocycles. The van der Waals surface area contributed by atoms with E-state index in [-0.39, 0.29) is 31.8 Å². The van der Waals surface area contributed by atoms with Gasteiger partial charge < -0.3 is 18.5 Å². The molecule has 0 aromatic carbocycles. The molecule has 0 saturated carbocycles. The second kappa shape index (κ2) is 12.0. The lowest BCUT2D eigenvalue weighted by atomic mass is 10.1. The summed E-state index contributed by atoms with van der Waals surface area (Å²) in [6, 6.07) is 0. The van der Waals surface area contributed by atoms with Gasteiger partial charge in [0.1, 0.15) is 18.0 Å². The van der Waals surface area contributed by atoms with Crippen LogP contribution in [0, 0.1) is 0 Å². The molecule has 0 aromatic heterocycles. The highest BCUT2D eigenvalue weighted by Gasteiger charge is 2.29. The molecule has 0 radical (unpaired) electrons. The van der Waals surface area contributed by atoms with Crippen molar-refractivity contribution in [3.63, 3.8) is 0 Å². The topological polar surface area (TPSA) is 71.1 Å². The van der Waals surface area contributed by atoms with Crippen LogP contribution in [0.1, 0.15) is 19.8 Å². The van der Waals surface area contributed by atoms with E-state index in [1.54, 1.807) is 0 Å². The summed E-state index contributed by atoms with van der Waals surface area (Å²) in [5.74, 6) is -0.545. The van der Waals surface area contributed by atoms with Crippen LogP contribution in [0.25, 0.3) is 0 Å². The molecule has 0 fully saturated rings. The van der Waals surface area contributed by atoms with Gasteiger partial charge in [0.2, 0.25) is 0 Å². The molecule has 0 aliphatic heterocycles. The smallest absolute Gasteiger partial charge is 0.306 e. The number of ether oxygens (including phenoxy) is 2.